The third-order valence-electron chi connectivity index (χ3n) is 5.21. The van der Waals surface area contributed by atoms with E-state index < -0.39 is 27.8 Å². The highest BCUT2D eigenvalue weighted by Gasteiger charge is 2.39. The third-order valence-corrected chi connectivity index (χ3v) is 7.08. The Morgan fingerprint density at radius 3 is 2.31 bits per heavy atom. The summed E-state index contributed by atoms with van der Waals surface area (Å²) in [5, 5.41) is 0. The molecule has 1 atom stereocenters. The number of benzene rings is 2. The molecular formula is C22H22FN5O3S. The maximum Gasteiger partial charge on any atom is 0.257 e. The number of nitrogens with one attached hydrogen (secondary N) is 2. The van der Waals surface area contributed by atoms with Gasteiger partial charge in [-0.2, -0.15) is 4.31 Å². The summed E-state index contributed by atoms with van der Waals surface area (Å²) in [6, 6.07) is 12.7. The van der Waals surface area contributed by atoms with E-state index in [4.69, 9.17) is 0 Å². The predicted octanol–water partition coefficient (Wildman–Crippen LogP) is 2.49. The van der Waals surface area contributed by atoms with E-state index in [2.05, 4.69) is 20.8 Å². The number of hydrogen-bond acceptors (Lipinski definition) is 6. The van der Waals surface area contributed by atoms with Crippen LogP contribution in [0.25, 0.3) is 0 Å². The fourth-order valence-electron chi connectivity index (χ4n) is 3.70. The number of sulfonamides is 1. The Kier molecular flexibility index (Phi) is 5.90. The van der Waals surface area contributed by atoms with Crippen molar-refractivity contribution in [3.8, 4) is 0 Å². The van der Waals surface area contributed by atoms with E-state index in [-0.39, 0.29) is 23.8 Å². The summed E-state index contributed by atoms with van der Waals surface area (Å²) in [6.07, 6.45) is 0.192. The van der Waals surface area contributed by atoms with Gasteiger partial charge < -0.3 is 0 Å². The van der Waals surface area contributed by atoms with Gasteiger partial charge in [0.1, 0.15) is 11.9 Å². The Morgan fingerprint density at radius 2 is 1.66 bits per heavy atom. The number of hydrazine groups is 1. The molecule has 1 unspecified atom stereocenters. The highest BCUT2D eigenvalue weighted by atomic mass is 32.2. The van der Waals surface area contributed by atoms with Crippen molar-refractivity contribution in [2.75, 3.05) is 5.43 Å². The second-order valence-electron chi connectivity index (χ2n) is 7.58. The summed E-state index contributed by atoms with van der Waals surface area (Å²) in [4.78, 5) is 21.4. The van der Waals surface area contributed by atoms with Crippen LogP contribution in [0.2, 0.25) is 0 Å². The molecule has 2 aromatic carbocycles. The van der Waals surface area contributed by atoms with Crippen molar-refractivity contribution in [2.45, 2.75) is 37.8 Å². The fraction of sp³-hybridized carbons (Fsp3) is 0.227. The zero-order chi connectivity index (χ0) is 22.9. The Morgan fingerprint density at radius 1 is 1.03 bits per heavy atom. The normalized spacial score (nSPS) is 16.3. The molecule has 1 aliphatic heterocycles. The third kappa shape index (κ3) is 4.46. The lowest BCUT2D eigenvalue weighted by molar-refractivity contribution is -0.124. The van der Waals surface area contributed by atoms with Crippen LogP contribution < -0.4 is 10.9 Å². The van der Waals surface area contributed by atoms with Crippen molar-refractivity contribution in [3.63, 3.8) is 0 Å². The molecule has 0 fully saturated rings. The van der Waals surface area contributed by atoms with Gasteiger partial charge in [-0.25, -0.2) is 22.8 Å². The van der Waals surface area contributed by atoms with Crippen LogP contribution in [0.5, 0.6) is 0 Å². The molecule has 3 aromatic rings. The summed E-state index contributed by atoms with van der Waals surface area (Å²) in [5.41, 5.74) is 8.36. The number of rotatable bonds is 5. The van der Waals surface area contributed by atoms with Gasteiger partial charge in [-0.05, 0) is 61.7 Å². The van der Waals surface area contributed by atoms with E-state index in [0.717, 1.165) is 39.0 Å². The van der Waals surface area contributed by atoms with Crippen LogP contribution >= 0.6 is 0 Å². The minimum atomic E-state index is -4.07. The maximum absolute atomic E-state index is 13.4. The van der Waals surface area contributed by atoms with Gasteiger partial charge in [0.25, 0.3) is 5.91 Å². The first-order valence-corrected chi connectivity index (χ1v) is 11.4. The second-order valence-corrected chi connectivity index (χ2v) is 9.47. The lowest BCUT2D eigenvalue weighted by Gasteiger charge is -2.35. The number of hydrogen-bond donors (Lipinski definition) is 2. The molecule has 0 saturated heterocycles. The van der Waals surface area contributed by atoms with Gasteiger partial charge >= 0.3 is 0 Å². The number of aryl methyl sites for hydroxylation is 2. The minimum absolute atomic E-state index is 0.0218. The summed E-state index contributed by atoms with van der Waals surface area (Å²) < 4.78 is 41.2. The maximum atomic E-state index is 13.4. The van der Waals surface area contributed by atoms with E-state index >= 15 is 0 Å². The van der Waals surface area contributed by atoms with Gasteiger partial charge in [0.15, 0.2) is 0 Å². The first kappa shape index (κ1) is 21.8. The van der Waals surface area contributed by atoms with Crippen molar-refractivity contribution in [2.24, 2.45) is 0 Å². The van der Waals surface area contributed by atoms with E-state index in [1.165, 1.54) is 12.1 Å². The van der Waals surface area contributed by atoms with E-state index in [9.17, 15) is 17.6 Å². The van der Waals surface area contributed by atoms with Crippen molar-refractivity contribution in [1.82, 2.24) is 19.7 Å². The molecule has 8 nitrogen and oxygen atoms in total. The molecule has 1 aromatic heterocycles. The molecule has 166 valence electrons. The highest BCUT2D eigenvalue weighted by molar-refractivity contribution is 7.89. The topological polar surface area (TPSA) is 104 Å². The average Bonchev–Trinajstić information content (AvgIpc) is 2.76. The monoisotopic (exact) mass is 455 g/mol. The smallest absolute Gasteiger partial charge is 0.257 e. The number of anilines is 1. The standard InChI is InChI=1S/C22H22FN5O3S/c1-14-11-15(2)25-22(24-14)27-26-21(29)20-12-16-5-3-4-6-17(16)13-28(20)32(30,31)19-9-7-18(23)8-10-19/h3-11,20H,12-13H2,1-2H3,(H,26,29)(H,24,25,27). The molecule has 1 aliphatic rings. The molecule has 10 heteroatoms. The van der Waals surface area contributed by atoms with Gasteiger partial charge in [0, 0.05) is 17.9 Å². The quantitative estimate of drug-likeness (QED) is 0.573. The van der Waals surface area contributed by atoms with E-state index in [1.807, 2.05) is 24.3 Å². The second kappa shape index (κ2) is 8.64. The molecular weight excluding hydrogens is 433 g/mol. The number of carbonyl (C=O) groups is 1. The number of nitrogens with zero attached hydrogens (tertiary/aromatic N) is 3. The summed E-state index contributed by atoms with van der Waals surface area (Å²) in [6.45, 7) is 3.63. The lowest BCUT2D eigenvalue weighted by Crippen LogP contribution is -2.53. The molecule has 0 aliphatic carbocycles. The number of amides is 1. The van der Waals surface area contributed by atoms with Crippen LogP contribution in [0.1, 0.15) is 22.5 Å². The number of fused-ring (bicyclic) bond motifs is 1. The molecule has 0 spiro atoms. The van der Waals surface area contributed by atoms with Crippen molar-refractivity contribution < 1.29 is 17.6 Å². The zero-order valence-corrected chi connectivity index (χ0v) is 18.4. The van der Waals surface area contributed by atoms with E-state index in [0.29, 0.717) is 0 Å². The Bertz CT molecular complexity index is 1240. The summed E-state index contributed by atoms with van der Waals surface area (Å²) in [7, 11) is -4.07. The van der Waals surface area contributed by atoms with E-state index in [1.54, 1.807) is 19.9 Å². The highest BCUT2D eigenvalue weighted by Crippen LogP contribution is 2.29. The van der Waals surface area contributed by atoms with Gasteiger partial charge in [-0.1, -0.05) is 24.3 Å². The van der Waals surface area contributed by atoms with Gasteiger partial charge in [0.05, 0.1) is 4.90 Å². The molecule has 0 bridgehead atoms. The van der Waals surface area contributed by atoms with Crippen molar-refractivity contribution in [1.29, 1.82) is 0 Å². The minimum Gasteiger partial charge on any atom is -0.271 e. The van der Waals surface area contributed by atoms with Crippen LogP contribution in [-0.4, -0.2) is 34.6 Å². The number of aromatic nitrogens is 2. The molecule has 2 N–H and O–H groups in total. The summed E-state index contributed by atoms with van der Waals surface area (Å²) in [5.74, 6) is -0.882. The van der Waals surface area contributed by atoms with Crippen LogP contribution in [0.15, 0.2) is 59.5 Å². The summed E-state index contributed by atoms with van der Waals surface area (Å²) >= 11 is 0. The molecule has 2 heterocycles. The molecule has 0 radical (unpaired) electrons. The van der Waals surface area contributed by atoms with Gasteiger partial charge in [-0.15, -0.1) is 0 Å². The van der Waals surface area contributed by atoms with Crippen LogP contribution in [0, 0.1) is 19.7 Å². The van der Waals surface area contributed by atoms with Gasteiger partial charge in [-0.3, -0.25) is 15.6 Å². The lowest BCUT2D eigenvalue weighted by atomic mass is 9.95. The first-order chi connectivity index (χ1) is 15.2. The Balaban J connectivity index is 1.63. The average molecular weight is 456 g/mol. The van der Waals surface area contributed by atoms with Crippen molar-refractivity contribution >= 4 is 21.9 Å². The Hall–Kier alpha value is -3.37. The zero-order valence-electron chi connectivity index (χ0n) is 17.5. The van der Waals surface area contributed by atoms with Crippen LogP contribution in [-0.2, 0) is 27.8 Å². The largest absolute Gasteiger partial charge is 0.271 e. The fourth-order valence-corrected chi connectivity index (χ4v) is 5.26. The molecule has 1 amide bonds. The van der Waals surface area contributed by atoms with Crippen molar-refractivity contribution in [3.05, 3.63) is 82.9 Å². The molecule has 4 rings (SSSR count). The van der Waals surface area contributed by atoms with Gasteiger partial charge in [0.2, 0.25) is 16.0 Å². The first-order valence-electron chi connectivity index (χ1n) is 9.96. The number of halogens is 1. The predicted molar refractivity (Wildman–Crippen MR) is 116 cm³/mol. The number of carbonyl (C=O) groups excluding carboxylic acids is 1. The SMILES string of the molecule is Cc1cc(C)nc(NNC(=O)C2Cc3ccccc3CN2S(=O)(=O)c2ccc(F)cc2)n1. The van der Waals surface area contributed by atoms with Crippen LogP contribution in [0.3, 0.4) is 0 Å². The molecule has 32 heavy (non-hydrogen) atoms. The molecule has 0 saturated carbocycles. The Labute approximate surface area is 185 Å². The van der Waals surface area contributed by atoms with Crippen LogP contribution in [0.4, 0.5) is 10.3 Å².